The first-order chi connectivity index (χ1) is 15.5. The van der Waals surface area contributed by atoms with Crippen molar-refractivity contribution in [1.82, 2.24) is 25.2 Å². The smallest absolute Gasteiger partial charge is 0.261 e. The van der Waals surface area contributed by atoms with Gasteiger partial charge in [0.2, 0.25) is 5.95 Å². The number of hydrogen-bond donors (Lipinski definition) is 3. The minimum atomic E-state index is -0.198. The molecule has 1 aromatic carbocycles. The largest absolute Gasteiger partial charge is 0.366 e. The molecule has 0 unspecified atom stereocenters. The lowest BCUT2D eigenvalue weighted by Crippen LogP contribution is -2.26. The Kier molecular flexibility index (Phi) is 5.10. The average Bonchev–Trinajstić information content (AvgIpc) is 3.31. The minimum Gasteiger partial charge on any atom is -0.366 e. The zero-order valence-corrected chi connectivity index (χ0v) is 18.2. The lowest BCUT2D eigenvalue weighted by molar-refractivity contribution is 0.0938. The minimum absolute atomic E-state index is 0.0999. The number of carbonyl (C=O) groups is 2. The van der Waals surface area contributed by atoms with Crippen LogP contribution >= 0.6 is 11.3 Å². The SMILES string of the molecule is C[C@H](NC(=O)c1cc(-c2cc(C(=O)NC3CC3)c3nc(N)nn3c2)cs1)c1ccccc1. The molecule has 8 nitrogen and oxygen atoms in total. The van der Waals surface area contributed by atoms with Gasteiger partial charge in [0, 0.05) is 17.8 Å². The first-order valence-corrected chi connectivity index (χ1v) is 11.3. The van der Waals surface area contributed by atoms with Crippen LogP contribution in [0, 0.1) is 0 Å². The van der Waals surface area contributed by atoms with Crippen molar-refractivity contribution in [2.75, 3.05) is 5.73 Å². The number of aromatic nitrogens is 3. The first kappa shape index (κ1) is 20.2. The van der Waals surface area contributed by atoms with Gasteiger partial charge in [-0.3, -0.25) is 9.59 Å². The number of thiophene rings is 1. The third kappa shape index (κ3) is 4.06. The number of anilines is 1. The Labute approximate surface area is 188 Å². The van der Waals surface area contributed by atoms with Crippen molar-refractivity contribution in [2.24, 2.45) is 0 Å². The molecule has 162 valence electrons. The molecule has 1 fully saturated rings. The number of hydrogen-bond acceptors (Lipinski definition) is 6. The number of rotatable bonds is 6. The van der Waals surface area contributed by atoms with Gasteiger partial charge in [0.15, 0.2) is 5.65 Å². The standard InChI is InChI=1S/C23H22N6O2S/c1-13(14-5-3-2-4-6-14)25-22(31)19-10-16(12-32-19)15-9-18(21(30)26-17-7-8-17)20-27-23(24)28-29(20)11-15/h2-6,9-13,17H,7-8H2,1H3,(H2,24,28)(H,25,31)(H,26,30)/t13-/m0/s1. The molecule has 1 atom stereocenters. The maximum Gasteiger partial charge on any atom is 0.261 e. The van der Waals surface area contributed by atoms with E-state index in [2.05, 4.69) is 20.7 Å². The number of pyridine rings is 1. The van der Waals surface area contributed by atoms with Crippen molar-refractivity contribution in [2.45, 2.75) is 31.8 Å². The summed E-state index contributed by atoms with van der Waals surface area (Å²) in [4.78, 5) is 30.3. The van der Waals surface area contributed by atoms with E-state index in [1.54, 1.807) is 12.3 Å². The van der Waals surface area contributed by atoms with Crippen molar-refractivity contribution < 1.29 is 9.59 Å². The normalized spacial score (nSPS) is 14.3. The maximum absolute atomic E-state index is 12.8. The number of nitrogens with one attached hydrogen (secondary N) is 2. The van der Waals surface area contributed by atoms with E-state index in [-0.39, 0.29) is 29.8 Å². The van der Waals surface area contributed by atoms with E-state index in [4.69, 9.17) is 5.73 Å². The second-order valence-electron chi connectivity index (χ2n) is 7.93. The van der Waals surface area contributed by atoms with Crippen LogP contribution in [0.15, 0.2) is 54.0 Å². The van der Waals surface area contributed by atoms with Crippen LogP contribution in [0.2, 0.25) is 0 Å². The van der Waals surface area contributed by atoms with Gasteiger partial charge in [-0.15, -0.1) is 16.4 Å². The number of nitrogen functional groups attached to an aromatic ring is 1. The van der Waals surface area contributed by atoms with Gasteiger partial charge in [-0.2, -0.15) is 4.98 Å². The molecule has 5 rings (SSSR count). The predicted octanol–water partition coefficient (Wildman–Crippen LogP) is 3.42. The second-order valence-corrected chi connectivity index (χ2v) is 8.85. The van der Waals surface area contributed by atoms with Crippen molar-refractivity contribution in [3.05, 3.63) is 70.0 Å². The van der Waals surface area contributed by atoms with Gasteiger partial charge in [-0.05, 0) is 48.4 Å². The quantitative estimate of drug-likeness (QED) is 0.420. The lowest BCUT2D eigenvalue weighted by atomic mass is 10.1. The second kappa shape index (κ2) is 8.08. The number of benzene rings is 1. The Hall–Kier alpha value is -3.72. The van der Waals surface area contributed by atoms with Gasteiger partial charge in [-0.1, -0.05) is 30.3 Å². The lowest BCUT2D eigenvalue weighted by Gasteiger charge is -2.13. The molecule has 0 radical (unpaired) electrons. The Bertz CT molecular complexity index is 1310. The van der Waals surface area contributed by atoms with Crippen molar-refractivity contribution in [1.29, 1.82) is 0 Å². The summed E-state index contributed by atoms with van der Waals surface area (Å²) in [5.41, 5.74) is 9.22. The van der Waals surface area contributed by atoms with E-state index in [0.29, 0.717) is 16.1 Å². The van der Waals surface area contributed by atoms with Gasteiger partial charge < -0.3 is 16.4 Å². The number of nitrogens with zero attached hydrogens (tertiary/aromatic N) is 3. The molecule has 0 saturated heterocycles. The van der Waals surface area contributed by atoms with Crippen LogP contribution in [0.3, 0.4) is 0 Å². The Morgan fingerprint density at radius 2 is 1.94 bits per heavy atom. The molecule has 1 aliphatic rings. The Morgan fingerprint density at radius 1 is 1.16 bits per heavy atom. The van der Waals surface area contributed by atoms with Crippen LogP contribution in [-0.2, 0) is 0 Å². The van der Waals surface area contributed by atoms with Gasteiger partial charge in [0.25, 0.3) is 11.8 Å². The van der Waals surface area contributed by atoms with E-state index in [1.807, 2.05) is 48.7 Å². The highest BCUT2D eigenvalue weighted by molar-refractivity contribution is 7.12. The zero-order chi connectivity index (χ0) is 22.2. The molecule has 2 amide bonds. The molecule has 0 spiro atoms. The topological polar surface area (TPSA) is 114 Å². The summed E-state index contributed by atoms with van der Waals surface area (Å²) < 4.78 is 1.52. The molecule has 32 heavy (non-hydrogen) atoms. The van der Waals surface area contributed by atoms with E-state index < -0.39 is 0 Å². The molecule has 1 aliphatic carbocycles. The fraction of sp³-hybridized carbons (Fsp3) is 0.217. The van der Waals surface area contributed by atoms with Crippen LogP contribution in [-0.4, -0.2) is 32.5 Å². The summed E-state index contributed by atoms with van der Waals surface area (Å²) >= 11 is 1.35. The molecule has 9 heteroatoms. The van der Waals surface area contributed by atoms with Crippen LogP contribution in [0.25, 0.3) is 16.8 Å². The number of fused-ring (bicyclic) bond motifs is 1. The molecule has 3 aromatic heterocycles. The zero-order valence-electron chi connectivity index (χ0n) is 17.4. The number of carbonyl (C=O) groups excluding carboxylic acids is 2. The average molecular weight is 447 g/mol. The summed E-state index contributed by atoms with van der Waals surface area (Å²) in [5, 5.41) is 12.1. The molecule has 4 N–H and O–H groups in total. The third-order valence-corrected chi connectivity index (χ3v) is 6.34. The van der Waals surface area contributed by atoms with Gasteiger partial charge in [-0.25, -0.2) is 4.52 Å². The summed E-state index contributed by atoms with van der Waals surface area (Å²) in [7, 11) is 0. The maximum atomic E-state index is 12.8. The highest BCUT2D eigenvalue weighted by Crippen LogP contribution is 2.29. The van der Waals surface area contributed by atoms with Gasteiger partial charge in [0.1, 0.15) is 0 Å². The molecule has 4 aromatic rings. The predicted molar refractivity (Wildman–Crippen MR) is 124 cm³/mol. The summed E-state index contributed by atoms with van der Waals surface area (Å²) in [6.45, 7) is 1.95. The van der Waals surface area contributed by atoms with E-state index in [9.17, 15) is 9.59 Å². The van der Waals surface area contributed by atoms with Crippen LogP contribution in [0.1, 0.15) is 51.4 Å². The number of nitrogens with two attached hydrogens (primary N) is 1. The van der Waals surface area contributed by atoms with Crippen molar-refractivity contribution in [3.8, 4) is 11.1 Å². The van der Waals surface area contributed by atoms with Gasteiger partial charge >= 0.3 is 0 Å². The van der Waals surface area contributed by atoms with Crippen LogP contribution in [0.5, 0.6) is 0 Å². The summed E-state index contributed by atoms with van der Waals surface area (Å²) in [6, 6.07) is 13.5. The number of amides is 2. The van der Waals surface area contributed by atoms with Crippen molar-refractivity contribution >= 4 is 34.7 Å². The highest BCUT2D eigenvalue weighted by atomic mass is 32.1. The Morgan fingerprint density at radius 3 is 2.69 bits per heavy atom. The highest BCUT2D eigenvalue weighted by Gasteiger charge is 2.26. The molecule has 0 bridgehead atoms. The molecule has 1 saturated carbocycles. The molecule has 3 heterocycles. The fourth-order valence-electron chi connectivity index (χ4n) is 3.52. The monoisotopic (exact) mass is 446 g/mol. The summed E-state index contributed by atoms with van der Waals surface area (Å²) in [5.74, 6) is -0.241. The third-order valence-electron chi connectivity index (χ3n) is 5.41. The van der Waals surface area contributed by atoms with Crippen LogP contribution in [0.4, 0.5) is 5.95 Å². The van der Waals surface area contributed by atoms with E-state index in [1.165, 1.54) is 15.9 Å². The molecule has 0 aliphatic heterocycles. The summed E-state index contributed by atoms with van der Waals surface area (Å²) in [6.07, 6.45) is 3.74. The first-order valence-electron chi connectivity index (χ1n) is 10.4. The van der Waals surface area contributed by atoms with E-state index >= 15 is 0 Å². The van der Waals surface area contributed by atoms with Crippen LogP contribution < -0.4 is 16.4 Å². The van der Waals surface area contributed by atoms with Gasteiger partial charge in [0.05, 0.1) is 16.5 Å². The van der Waals surface area contributed by atoms with E-state index in [0.717, 1.165) is 29.5 Å². The van der Waals surface area contributed by atoms with Crippen molar-refractivity contribution in [3.63, 3.8) is 0 Å². The fourth-order valence-corrected chi connectivity index (χ4v) is 4.34. The molecular formula is C23H22N6O2S. The Balaban J connectivity index is 1.42. The molecular weight excluding hydrogens is 424 g/mol.